The third kappa shape index (κ3) is 3.76. The van der Waals surface area contributed by atoms with Crippen molar-refractivity contribution in [2.24, 2.45) is 5.11 Å². The molecule has 0 amide bonds. The lowest BCUT2D eigenvalue weighted by molar-refractivity contribution is 0.306. The van der Waals surface area contributed by atoms with Gasteiger partial charge in [-0.2, -0.15) is 0 Å². The second-order valence-electron chi connectivity index (χ2n) is 4.22. The number of benzene rings is 2. The minimum Gasteiger partial charge on any atom is -0.489 e. The van der Waals surface area contributed by atoms with Crippen LogP contribution in [0.4, 0.5) is 0 Å². The van der Waals surface area contributed by atoms with Crippen molar-refractivity contribution in [1.29, 1.82) is 0 Å². The largest absolute Gasteiger partial charge is 0.489 e. The number of ether oxygens (including phenoxy) is 1. The van der Waals surface area contributed by atoms with Crippen molar-refractivity contribution < 1.29 is 4.74 Å². The SMILES string of the molecule is C[C@H](N=[N+]=[N-])c1ccc(OCc2ccccc2)cc1. The Morgan fingerprint density at radius 3 is 2.42 bits per heavy atom. The van der Waals surface area contributed by atoms with Crippen molar-refractivity contribution >= 4 is 0 Å². The lowest BCUT2D eigenvalue weighted by Gasteiger charge is -2.08. The van der Waals surface area contributed by atoms with Crippen LogP contribution in [0, 0.1) is 0 Å². The van der Waals surface area contributed by atoms with E-state index in [1.54, 1.807) is 0 Å². The van der Waals surface area contributed by atoms with Crippen LogP contribution in [-0.4, -0.2) is 0 Å². The van der Waals surface area contributed by atoms with Crippen LogP contribution in [0.25, 0.3) is 10.4 Å². The Balaban J connectivity index is 1.97. The lowest BCUT2D eigenvalue weighted by atomic mass is 10.1. The van der Waals surface area contributed by atoms with E-state index in [4.69, 9.17) is 10.3 Å². The minimum atomic E-state index is -0.159. The van der Waals surface area contributed by atoms with Gasteiger partial charge in [0.15, 0.2) is 0 Å². The summed E-state index contributed by atoms with van der Waals surface area (Å²) in [5.41, 5.74) is 10.5. The van der Waals surface area contributed by atoms with Crippen LogP contribution in [0.1, 0.15) is 24.1 Å². The lowest BCUT2D eigenvalue weighted by Crippen LogP contribution is -1.95. The summed E-state index contributed by atoms with van der Waals surface area (Å²) in [5, 5.41) is 3.66. The predicted molar refractivity (Wildman–Crippen MR) is 74.8 cm³/mol. The highest BCUT2D eigenvalue weighted by molar-refractivity contribution is 5.29. The van der Waals surface area contributed by atoms with E-state index in [1.807, 2.05) is 61.5 Å². The maximum atomic E-state index is 8.40. The molecule has 0 aliphatic heterocycles. The Morgan fingerprint density at radius 1 is 1.11 bits per heavy atom. The molecule has 0 spiro atoms. The highest BCUT2D eigenvalue weighted by Gasteiger charge is 2.02. The van der Waals surface area contributed by atoms with Crippen LogP contribution in [0.3, 0.4) is 0 Å². The van der Waals surface area contributed by atoms with Crippen molar-refractivity contribution in [3.05, 3.63) is 76.2 Å². The number of hydrogen-bond acceptors (Lipinski definition) is 2. The average Bonchev–Trinajstić information content (AvgIpc) is 2.47. The van der Waals surface area contributed by atoms with Gasteiger partial charge in [0.25, 0.3) is 0 Å². The monoisotopic (exact) mass is 253 g/mol. The summed E-state index contributed by atoms with van der Waals surface area (Å²) in [4.78, 5) is 2.80. The van der Waals surface area contributed by atoms with Gasteiger partial charge in [-0.05, 0) is 28.8 Å². The van der Waals surface area contributed by atoms with Crippen molar-refractivity contribution in [3.63, 3.8) is 0 Å². The van der Waals surface area contributed by atoms with Crippen LogP contribution in [0.5, 0.6) is 5.75 Å². The molecular weight excluding hydrogens is 238 g/mol. The molecule has 0 unspecified atom stereocenters. The van der Waals surface area contributed by atoms with Gasteiger partial charge in [0.05, 0.1) is 6.04 Å². The molecule has 0 radical (unpaired) electrons. The number of hydrogen-bond donors (Lipinski definition) is 0. The highest BCUT2D eigenvalue weighted by atomic mass is 16.5. The molecule has 0 N–H and O–H groups in total. The van der Waals surface area contributed by atoms with Gasteiger partial charge >= 0.3 is 0 Å². The van der Waals surface area contributed by atoms with E-state index in [9.17, 15) is 0 Å². The normalized spacial score (nSPS) is 11.4. The molecule has 4 nitrogen and oxygen atoms in total. The Labute approximate surface area is 112 Å². The predicted octanol–water partition coefficient (Wildman–Crippen LogP) is 4.64. The van der Waals surface area contributed by atoms with Crippen molar-refractivity contribution in [3.8, 4) is 5.75 Å². The van der Waals surface area contributed by atoms with Gasteiger partial charge in [-0.25, -0.2) is 0 Å². The average molecular weight is 253 g/mol. The molecule has 2 aromatic carbocycles. The van der Waals surface area contributed by atoms with E-state index < -0.39 is 0 Å². The first-order valence-corrected chi connectivity index (χ1v) is 6.10. The van der Waals surface area contributed by atoms with Crippen LogP contribution in [0.15, 0.2) is 59.7 Å². The van der Waals surface area contributed by atoms with Crippen molar-refractivity contribution in [2.45, 2.75) is 19.6 Å². The van der Waals surface area contributed by atoms with Crippen molar-refractivity contribution in [1.82, 2.24) is 0 Å². The molecule has 0 saturated carbocycles. The molecule has 2 aromatic rings. The van der Waals surface area contributed by atoms with Gasteiger partial charge in [-0.3, -0.25) is 0 Å². The standard InChI is InChI=1S/C15H15N3O/c1-12(17-18-16)14-7-9-15(10-8-14)19-11-13-5-3-2-4-6-13/h2-10,12H,11H2,1H3/t12-/m0/s1. The second kappa shape index (κ2) is 6.47. The van der Waals surface area contributed by atoms with Crippen LogP contribution < -0.4 is 4.74 Å². The second-order valence-corrected chi connectivity index (χ2v) is 4.22. The molecule has 0 bridgehead atoms. The van der Waals surface area contributed by atoms with Gasteiger partial charge in [-0.15, -0.1) is 0 Å². The summed E-state index contributed by atoms with van der Waals surface area (Å²) < 4.78 is 5.68. The van der Waals surface area contributed by atoms with Gasteiger partial charge in [-0.1, -0.05) is 54.5 Å². The molecule has 2 rings (SSSR count). The third-order valence-electron chi connectivity index (χ3n) is 2.84. The van der Waals surface area contributed by atoms with Gasteiger partial charge in [0, 0.05) is 4.91 Å². The molecule has 19 heavy (non-hydrogen) atoms. The summed E-state index contributed by atoms with van der Waals surface area (Å²) in [6.45, 7) is 2.41. The molecule has 0 fully saturated rings. The van der Waals surface area contributed by atoms with E-state index in [2.05, 4.69) is 10.0 Å². The molecule has 0 aliphatic carbocycles. The fourth-order valence-electron chi connectivity index (χ4n) is 1.73. The fourth-order valence-corrected chi connectivity index (χ4v) is 1.73. The molecule has 0 heterocycles. The van der Waals surface area contributed by atoms with Gasteiger partial charge in [0.2, 0.25) is 0 Å². The fraction of sp³-hybridized carbons (Fsp3) is 0.200. The summed E-state index contributed by atoms with van der Waals surface area (Å²) in [6, 6.07) is 17.5. The number of nitrogens with zero attached hydrogens (tertiary/aromatic N) is 3. The summed E-state index contributed by atoms with van der Waals surface area (Å²) in [7, 11) is 0. The zero-order chi connectivity index (χ0) is 13.5. The summed E-state index contributed by atoms with van der Waals surface area (Å²) in [5.74, 6) is 0.806. The Hall–Kier alpha value is -2.45. The van der Waals surface area contributed by atoms with Gasteiger partial charge in [0.1, 0.15) is 12.4 Å². The molecule has 0 aromatic heterocycles. The van der Waals surface area contributed by atoms with Crippen LogP contribution in [0.2, 0.25) is 0 Å². The first-order chi connectivity index (χ1) is 9.29. The maximum Gasteiger partial charge on any atom is 0.119 e. The van der Waals surface area contributed by atoms with E-state index in [0.29, 0.717) is 6.61 Å². The highest BCUT2D eigenvalue weighted by Crippen LogP contribution is 2.20. The molecule has 0 aliphatic rings. The van der Waals surface area contributed by atoms with E-state index in [1.165, 1.54) is 0 Å². The first kappa shape index (κ1) is 13.0. The Morgan fingerprint density at radius 2 is 1.79 bits per heavy atom. The molecule has 1 atom stereocenters. The van der Waals surface area contributed by atoms with Crippen LogP contribution >= 0.6 is 0 Å². The Kier molecular flexibility index (Phi) is 4.43. The third-order valence-corrected chi connectivity index (χ3v) is 2.84. The summed E-state index contributed by atoms with van der Waals surface area (Å²) in [6.07, 6.45) is 0. The number of azide groups is 1. The zero-order valence-electron chi connectivity index (χ0n) is 10.7. The van der Waals surface area contributed by atoms with E-state index in [-0.39, 0.29) is 6.04 Å². The topological polar surface area (TPSA) is 58.0 Å². The minimum absolute atomic E-state index is 0.159. The Bertz CT molecular complexity index is 560. The molecule has 0 saturated heterocycles. The quantitative estimate of drug-likeness (QED) is 0.435. The smallest absolute Gasteiger partial charge is 0.119 e. The van der Waals surface area contributed by atoms with Crippen LogP contribution in [-0.2, 0) is 6.61 Å². The van der Waals surface area contributed by atoms with Crippen molar-refractivity contribution in [2.75, 3.05) is 0 Å². The number of rotatable bonds is 5. The maximum absolute atomic E-state index is 8.40. The zero-order valence-corrected chi connectivity index (χ0v) is 10.7. The molecule has 96 valence electrons. The molecule has 4 heteroatoms. The van der Waals surface area contributed by atoms with E-state index >= 15 is 0 Å². The van der Waals surface area contributed by atoms with E-state index in [0.717, 1.165) is 16.9 Å². The molecular formula is C15H15N3O. The summed E-state index contributed by atoms with van der Waals surface area (Å²) >= 11 is 0. The van der Waals surface area contributed by atoms with Gasteiger partial charge < -0.3 is 4.74 Å². The first-order valence-electron chi connectivity index (χ1n) is 6.10.